The minimum atomic E-state index is -4.66. The minimum Gasteiger partial charge on any atom is -0.494 e. The quantitative estimate of drug-likeness (QED) is 0.269. The molecule has 2 N–H and O–H groups in total. The predicted octanol–water partition coefficient (Wildman–Crippen LogP) is 6.18. The zero-order valence-electron chi connectivity index (χ0n) is 19.9. The topological polar surface area (TPSA) is 96.6 Å². The largest absolute Gasteiger partial charge is 0.494 e. The van der Waals surface area contributed by atoms with Crippen LogP contribution in [0.4, 0.5) is 13.2 Å². The molecule has 4 rings (SSSR count). The molecule has 2 aromatic heterocycles. The van der Waals surface area contributed by atoms with Crippen molar-refractivity contribution in [2.75, 3.05) is 6.61 Å². The number of rotatable bonds is 9. The number of nitrogens with zero attached hydrogens (tertiary/aromatic N) is 3. The summed E-state index contributed by atoms with van der Waals surface area (Å²) in [5.41, 5.74) is 0.516. The van der Waals surface area contributed by atoms with E-state index in [9.17, 15) is 18.0 Å². The smallest absolute Gasteiger partial charge is 0.417 e. The van der Waals surface area contributed by atoms with Crippen molar-refractivity contribution in [3.05, 3.63) is 70.0 Å². The Hall–Kier alpha value is -3.95. The zero-order chi connectivity index (χ0) is 25.7. The van der Waals surface area contributed by atoms with E-state index in [0.717, 1.165) is 37.3 Å². The van der Waals surface area contributed by atoms with E-state index in [1.165, 1.54) is 18.2 Å². The molecule has 2 heterocycles. The van der Waals surface area contributed by atoms with Crippen molar-refractivity contribution in [2.45, 2.75) is 45.7 Å². The van der Waals surface area contributed by atoms with Crippen molar-refractivity contribution in [1.29, 1.82) is 0 Å². The summed E-state index contributed by atoms with van der Waals surface area (Å²) in [6, 6.07) is 12.6. The number of hydrogen-bond donors (Lipinski definition) is 2. The molecule has 0 unspecified atom stereocenters. The van der Waals surface area contributed by atoms with E-state index in [4.69, 9.17) is 4.74 Å². The number of aromatic nitrogens is 5. The van der Waals surface area contributed by atoms with Gasteiger partial charge in [-0.05, 0) is 53.6 Å². The van der Waals surface area contributed by atoms with Gasteiger partial charge in [-0.1, -0.05) is 56.0 Å². The monoisotopic (exact) mass is 497 g/mol. The number of nitrogens with one attached hydrogen (secondary N) is 2. The Morgan fingerprint density at radius 1 is 0.972 bits per heavy atom. The van der Waals surface area contributed by atoms with Crippen molar-refractivity contribution < 1.29 is 17.9 Å². The van der Waals surface area contributed by atoms with E-state index >= 15 is 0 Å². The van der Waals surface area contributed by atoms with Crippen LogP contribution in [0.1, 0.15) is 43.7 Å². The summed E-state index contributed by atoms with van der Waals surface area (Å²) in [5.74, 6) is 0.245. The standard InChI is InChI=1S/C26H26F3N5O2/c1-3-4-5-6-13-36-18-11-12-19(21(14-18)26(27,28)29)22-15-20(17-9-7-16(2)8-10-17)23(25(35)30-22)24-31-33-34-32-24/h7-12,14-15H,3-6,13H2,1-2H3,(H,30,35)(H,31,32,33,34). The van der Waals surface area contributed by atoms with Crippen LogP contribution in [-0.2, 0) is 6.18 Å². The molecule has 0 aliphatic carbocycles. The van der Waals surface area contributed by atoms with Crippen LogP contribution >= 0.6 is 0 Å². The molecule has 0 atom stereocenters. The molecule has 0 aliphatic rings. The maximum absolute atomic E-state index is 14.1. The van der Waals surface area contributed by atoms with Gasteiger partial charge >= 0.3 is 6.18 Å². The number of ether oxygens (including phenoxy) is 1. The highest BCUT2D eigenvalue weighted by Gasteiger charge is 2.35. The molecular weight excluding hydrogens is 471 g/mol. The van der Waals surface area contributed by atoms with Gasteiger partial charge in [-0.3, -0.25) is 4.79 Å². The summed E-state index contributed by atoms with van der Waals surface area (Å²) in [6.07, 6.45) is -0.835. The van der Waals surface area contributed by atoms with Crippen LogP contribution in [0.5, 0.6) is 5.75 Å². The number of tetrazole rings is 1. The third-order valence-corrected chi connectivity index (χ3v) is 5.83. The first-order chi connectivity index (χ1) is 17.3. The lowest BCUT2D eigenvalue weighted by Gasteiger charge is -2.17. The SMILES string of the molecule is CCCCCCOc1ccc(-c2cc(-c3ccc(C)cc3)c(-c3nnn[nH]3)c(=O)[nH]2)c(C(F)(F)F)c1. The lowest BCUT2D eigenvalue weighted by Crippen LogP contribution is -2.15. The average molecular weight is 498 g/mol. The first-order valence-corrected chi connectivity index (χ1v) is 11.7. The Morgan fingerprint density at radius 3 is 2.42 bits per heavy atom. The molecule has 10 heteroatoms. The molecule has 0 spiro atoms. The number of aromatic amines is 2. The second kappa shape index (κ2) is 10.8. The molecule has 36 heavy (non-hydrogen) atoms. The Kier molecular flexibility index (Phi) is 7.52. The van der Waals surface area contributed by atoms with Gasteiger partial charge in [-0.2, -0.15) is 13.2 Å². The van der Waals surface area contributed by atoms with E-state index in [1.54, 1.807) is 12.1 Å². The van der Waals surface area contributed by atoms with Gasteiger partial charge < -0.3 is 9.72 Å². The lowest BCUT2D eigenvalue weighted by atomic mass is 9.95. The highest BCUT2D eigenvalue weighted by atomic mass is 19.4. The van der Waals surface area contributed by atoms with Gasteiger partial charge in [0.25, 0.3) is 5.56 Å². The summed E-state index contributed by atoms with van der Waals surface area (Å²) < 4.78 is 47.9. The van der Waals surface area contributed by atoms with Crippen LogP contribution in [0.25, 0.3) is 33.8 Å². The number of halogens is 3. The Balaban J connectivity index is 1.80. The Morgan fingerprint density at radius 2 is 1.75 bits per heavy atom. The number of benzene rings is 2. The van der Waals surface area contributed by atoms with E-state index < -0.39 is 17.3 Å². The van der Waals surface area contributed by atoms with Gasteiger partial charge in [-0.25, -0.2) is 5.10 Å². The number of unbranched alkanes of at least 4 members (excludes halogenated alkanes) is 3. The lowest BCUT2D eigenvalue weighted by molar-refractivity contribution is -0.137. The fraction of sp³-hybridized carbons (Fsp3) is 0.308. The average Bonchev–Trinajstić information content (AvgIpc) is 3.38. The number of aryl methyl sites for hydroxylation is 1. The van der Waals surface area contributed by atoms with Crippen molar-refractivity contribution >= 4 is 0 Å². The molecule has 2 aromatic carbocycles. The highest BCUT2D eigenvalue weighted by Crippen LogP contribution is 2.40. The van der Waals surface area contributed by atoms with Crippen molar-refractivity contribution in [3.63, 3.8) is 0 Å². The number of pyridine rings is 1. The third-order valence-electron chi connectivity index (χ3n) is 5.83. The summed E-state index contributed by atoms with van der Waals surface area (Å²) in [4.78, 5) is 15.7. The van der Waals surface area contributed by atoms with Crippen LogP contribution in [0.2, 0.25) is 0 Å². The molecule has 0 aliphatic heterocycles. The molecular formula is C26H26F3N5O2. The van der Waals surface area contributed by atoms with Crippen molar-refractivity contribution in [2.24, 2.45) is 0 Å². The summed E-state index contributed by atoms with van der Waals surface area (Å²) in [6.45, 7) is 4.33. The first kappa shape index (κ1) is 25.2. The van der Waals surface area contributed by atoms with Gasteiger partial charge in [0, 0.05) is 16.8 Å². The molecule has 0 saturated carbocycles. The number of H-pyrrole nitrogens is 2. The molecule has 0 fully saturated rings. The molecule has 7 nitrogen and oxygen atoms in total. The fourth-order valence-electron chi connectivity index (χ4n) is 3.97. The normalized spacial score (nSPS) is 11.6. The molecule has 188 valence electrons. The number of hydrogen-bond acceptors (Lipinski definition) is 5. The van der Waals surface area contributed by atoms with Gasteiger partial charge in [0.05, 0.1) is 17.7 Å². The van der Waals surface area contributed by atoms with E-state index in [2.05, 4.69) is 32.5 Å². The second-order valence-electron chi connectivity index (χ2n) is 8.53. The third kappa shape index (κ3) is 5.64. The van der Waals surface area contributed by atoms with Gasteiger partial charge in [0.1, 0.15) is 5.75 Å². The van der Waals surface area contributed by atoms with Gasteiger partial charge in [0.2, 0.25) is 0 Å². The first-order valence-electron chi connectivity index (χ1n) is 11.7. The van der Waals surface area contributed by atoms with Crippen LogP contribution in [0, 0.1) is 6.92 Å². The second-order valence-corrected chi connectivity index (χ2v) is 8.53. The maximum atomic E-state index is 14.1. The Labute approximate surface area is 205 Å². The van der Waals surface area contributed by atoms with Crippen LogP contribution in [0.3, 0.4) is 0 Å². The predicted molar refractivity (Wildman–Crippen MR) is 130 cm³/mol. The molecule has 0 saturated heterocycles. The summed E-state index contributed by atoms with van der Waals surface area (Å²) in [7, 11) is 0. The summed E-state index contributed by atoms with van der Waals surface area (Å²) >= 11 is 0. The minimum absolute atomic E-state index is 0.0219. The van der Waals surface area contributed by atoms with Crippen molar-refractivity contribution in [3.8, 4) is 39.5 Å². The van der Waals surface area contributed by atoms with E-state index in [0.29, 0.717) is 17.7 Å². The van der Waals surface area contributed by atoms with E-state index in [-0.39, 0.29) is 28.4 Å². The zero-order valence-corrected chi connectivity index (χ0v) is 19.9. The molecule has 4 aromatic rings. The molecule has 0 radical (unpaired) electrons. The molecule has 0 bridgehead atoms. The number of alkyl halides is 3. The van der Waals surface area contributed by atoms with Crippen LogP contribution < -0.4 is 10.3 Å². The highest BCUT2D eigenvalue weighted by molar-refractivity contribution is 5.83. The van der Waals surface area contributed by atoms with Crippen LogP contribution in [0.15, 0.2) is 53.3 Å². The van der Waals surface area contributed by atoms with E-state index in [1.807, 2.05) is 19.1 Å². The van der Waals surface area contributed by atoms with Crippen LogP contribution in [-0.4, -0.2) is 32.2 Å². The Bertz CT molecular complexity index is 1360. The maximum Gasteiger partial charge on any atom is 0.417 e. The fourth-order valence-corrected chi connectivity index (χ4v) is 3.97. The summed E-state index contributed by atoms with van der Waals surface area (Å²) in [5, 5.41) is 13.5. The van der Waals surface area contributed by atoms with Gasteiger partial charge in [-0.15, -0.1) is 5.10 Å². The van der Waals surface area contributed by atoms with Crippen molar-refractivity contribution in [1.82, 2.24) is 25.6 Å². The van der Waals surface area contributed by atoms with Gasteiger partial charge in [0.15, 0.2) is 5.82 Å². The molecule has 0 amide bonds.